The number of hydrogen-bond donors (Lipinski definition) is 0. The number of aromatic nitrogens is 5. The Labute approximate surface area is 346 Å². The lowest BCUT2D eigenvalue weighted by molar-refractivity contribution is 1.17. The van der Waals surface area contributed by atoms with Crippen LogP contribution in [-0.2, 0) is 0 Å². The Morgan fingerprint density at radius 2 is 0.983 bits per heavy atom. The summed E-state index contributed by atoms with van der Waals surface area (Å²) in [6.45, 7) is 0. The Bertz CT molecular complexity index is 3520. The minimum atomic E-state index is 0.708. The van der Waals surface area contributed by atoms with E-state index in [1.165, 1.54) is 49.1 Å². The maximum atomic E-state index is 5.09. The number of hydrogen-bond acceptors (Lipinski definition) is 3. The third-order valence-corrected chi connectivity index (χ3v) is 11.8. The van der Waals surface area contributed by atoms with Crippen molar-refractivity contribution < 1.29 is 0 Å². The summed E-state index contributed by atoms with van der Waals surface area (Å²) in [5.74, 6) is 0.708. The molecule has 0 saturated carbocycles. The zero-order valence-corrected chi connectivity index (χ0v) is 32.4. The summed E-state index contributed by atoms with van der Waals surface area (Å²) in [5, 5.41) is 7.20. The molecule has 4 heterocycles. The van der Waals surface area contributed by atoms with Crippen LogP contribution in [0.15, 0.2) is 213 Å². The van der Waals surface area contributed by atoms with Gasteiger partial charge >= 0.3 is 0 Å². The molecule has 0 aliphatic heterocycles. The predicted octanol–water partition coefficient (Wildman–Crippen LogP) is 13.9. The molecule has 8 aromatic carbocycles. The fourth-order valence-corrected chi connectivity index (χ4v) is 9.09. The number of para-hydroxylation sites is 2. The van der Waals surface area contributed by atoms with Crippen LogP contribution in [0.1, 0.15) is 0 Å². The van der Waals surface area contributed by atoms with Gasteiger partial charge in [0.05, 0.1) is 39.1 Å². The van der Waals surface area contributed by atoms with Gasteiger partial charge in [0.1, 0.15) is 0 Å². The number of rotatable bonds is 6. The van der Waals surface area contributed by atoms with E-state index in [9.17, 15) is 0 Å². The number of nitrogens with zero attached hydrogens (tertiary/aromatic N) is 5. The van der Waals surface area contributed by atoms with Gasteiger partial charge in [-0.2, -0.15) is 0 Å². The molecule has 0 N–H and O–H groups in total. The molecule has 5 heteroatoms. The topological polar surface area (TPSA) is 48.5 Å². The van der Waals surface area contributed by atoms with Crippen LogP contribution in [0.25, 0.3) is 111 Å². The minimum absolute atomic E-state index is 0.708. The van der Waals surface area contributed by atoms with Gasteiger partial charge in [-0.15, -0.1) is 0 Å². The molecule has 0 saturated heterocycles. The van der Waals surface area contributed by atoms with E-state index in [0.717, 1.165) is 55.9 Å². The smallest absolute Gasteiger partial charge is 0.160 e. The van der Waals surface area contributed by atoms with Gasteiger partial charge in [0.15, 0.2) is 5.82 Å². The Kier molecular flexibility index (Phi) is 7.78. The summed E-state index contributed by atoms with van der Waals surface area (Å²) in [6, 6.07) is 71.2. The highest BCUT2D eigenvalue weighted by Crippen LogP contribution is 2.42. The van der Waals surface area contributed by atoms with Gasteiger partial charge < -0.3 is 9.13 Å². The first-order valence-electron chi connectivity index (χ1n) is 20.3. The maximum absolute atomic E-state index is 5.09. The van der Waals surface area contributed by atoms with E-state index in [1.807, 2.05) is 48.8 Å². The first-order valence-corrected chi connectivity index (χ1v) is 20.3. The molecule has 0 radical (unpaired) electrons. The average Bonchev–Trinajstić information content (AvgIpc) is 3.84. The van der Waals surface area contributed by atoms with Crippen molar-refractivity contribution in [1.82, 2.24) is 24.1 Å². The second-order valence-electron chi connectivity index (χ2n) is 15.3. The summed E-state index contributed by atoms with van der Waals surface area (Å²) < 4.78 is 4.79. The third-order valence-electron chi connectivity index (χ3n) is 11.8. The van der Waals surface area contributed by atoms with Crippen molar-refractivity contribution in [3.63, 3.8) is 0 Å². The van der Waals surface area contributed by atoms with Gasteiger partial charge in [0.25, 0.3) is 0 Å². The first-order chi connectivity index (χ1) is 29.8. The molecule has 12 rings (SSSR count). The molecule has 12 aromatic rings. The lowest BCUT2D eigenvalue weighted by Crippen LogP contribution is -1.97. The molecular formula is C55H35N5. The van der Waals surface area contributed by atoms with E-state index in [-0.39, 0.29) is 0 Å². The largest absolute Gasteiger partial charge is 0.309 e. The SMILES string of the molecule is c1ccc(-c2cc(-c3ccc(-n4c5ccccc5c5c(-c6ccc7c(c6)c6ccccc6n7-c6cccc7cnccc67)cccc54)cc3)nc(-c3ccccc3)n2)cc1. The van der Waals surface area contributed by atoms with Gasteiger partial charge in [-0.25, -0.2) is 9.97 Å². The van der Waals surface area contributed by atoms with Crippen molar-refractivity contribution in [2.45, 2.75) is 0 Å². The van der Waals surface area contributed by atoms with Gasteiger partial charge in [-0.1, -0.05) is 140 Å². The highest BCUT2D eigenvalue weighted by molar-refractivity contribution is 6.17. The highest BCUT2D eigenvalue weighted by Gasteiger charge is 2.19. The Morgan fingerprint density at radius 3 is 1.77 bits per heavy atom. The van der Waals surface area contributed by atoms with Crippen LogP contribution in [0.5, 0.6) is 0 Å². The van der Waals surface area contributed by atoms with Crippen LogP contribution in [0.3, 0.4) is 0 Å². The molecule has 0 amide bonds. The molecule has 0 bridgehead atoms. The van der Waals surface area contributed by atoms with Crippen LogP contribution in [-0.4, -0.2) is 24.1 Å². The van der Waals surface area contributed by atoms with Crippen LogP contribution in [0.4, 0.5) is 0 Å². The standard InChI is InChI=1S/C55H35N5/c1-3-13-36(14-4-1)47-34-48(58-55(57-47)38-15-5-2-6-16-38)37-25-28-41(29-26-37)59-51-22-10-8-19-45(51)54-43(20-12-24-53(54)59)39-27-30-52-46(33-39)44-18-7-9-21-50(44)60(52)49-23-11-17-40-35-56-32-31-42(40)49/h1-35H. The summed E-state index contributed by atoms with van der Waals surface area (Å²) in [5.41, 5.74) is 14.2. The Hall–Kier alpha value is -8.15. The fraction of sp³-hybridized carbons (Fsp3) is 0. The van der Waals surface area contributed by atoms with Gasteiger partial charge in [0.2, 0.25) is 0 Å². The predicted molar refractivity (Wildman–Crippen MR) is 248 cm³/mol. The summed E-state index contributed by atoms with van der Waals surface area (Å²) in [4.78, 5) is 14.5. The van der Waals surface area contributed by atoms with Crippen molar-refractivity contribution in [3.05, 3.63) is 213 Å². The van der Waals surface area contributed by atoms with Crippen molar-refractivity contribution in [2.75, 3.05) is 0 Å². The molecule has 280 valence electrons. The van der Waals surface area contributed by atoms with Crippen molar-refractivity contribution in [1.29, 1.82) is 0 Å². The third kappa shape index (κ3) is 5.44. The second-order valence-corrected chi connectivity index (χ2v) is 15.3. The molecule has 4 aromatic heterocycles. The monoisotopic (exact) mass is 765 g/mol. The van der Waals surface area contributed by atoms with E-state index in [2.05, 4.69) is 178 Å². The molecule has 0 spiro atoms. The van der Waals surface area contributed by atoms with E-state index < -0.39 is 0 Å². The Balaban J connectivity index is 0.997. The van der Waals surface area contributed by atoms with Crippen LogP contribution >= 0.6 is 0 Å². The number of pyridine rings is 1. The van der Waals surface area contributed by atoms with Gasteiger partial charge in [0, 0.05) is 67.1 Å². The quantitative estimate of drug-likeness (QED) is 0.169. The zero-order chi connectivity index (χ0) is 39.6. The van der Waals surface area contributed by atoms with E-state index in [4.69, 9.17) is 9.97 Å². The van der Waals surface area contributed by atoms with Crippen molar-refractivity contribution >= 4 is 54.4 Å². The molecule has 0 aliphatic carbocycles. The lowest BCUT2D eigenvalue weighted by Gasteiger charge is -2.12. The molecular weight excluding hydrogens is 731 g/mol. The van der Waals surface area contributed by atoms with Gasteiger partial charge in [-0.3, -0.25) is 4.98 Å². The second kappa shape index (κ2) is 13.8. The normalized spacial score (nSPS) is 11.7. The first kappa shape index (κ1) is 33.9. The van der Waals surface area contributed by atoms with Crippen LogP contribution in [0, 0.1) is 0 Å². The minimum Gasteiger partial charge on any atom is -0.309 e. The van der Waals surface area contributed by atoms with Crippen molar-refractivity contribution in [3.8, 4) is 56.4 Å². The number of fused-ring (bicyclic) bond motifs is 7. The summed E-state index contributed by atoms with van der Waals surface area (Å²) >= 11 is 0. The van der Waals surface area contributed by atoms with E-state index in [1.54, 1.807) is 0 Å². The summed E-state index contributed by atoms with van der Waals surface area (Å²) in [7, 11) is 0. The molecule has 60 heavy (non-hydrogen) atoms. The zero-order valence-electron chi connectivity index (χ0n) is 32.4. The molecule has 0 aliphatic rings. The molecule has 0 unspecified atom stereocenters. The highest BCUT2D eigenvalue weighted by atomic mass is 15.0. The maximum Gasteiger partial charge on any atom is 0.160 e. The van der Waals surface area contributed by atoms with E-state index >= 15 is 0 Å². The van der Waals surface area contributed by atoms with E-state index in [0.29, 0.717) is 5.82 Å². The van der Waals surface area contributed by atoms with Crippen LogP contribution in [0.2, 0.25) is 0 Å². The fourth-order valence-electron chi connectivity index (χ4n) is 9.09. The summed E-state index contributed by atoms with van der Waals surface area (Å²) in [6.07, 6.45) is 3.82. The van der Waals surface area contributed by atoms with Gasteiger partial charge in [-0.05, 0) is 71.8 Å². The molecule has 5 nitrogen and oxygen atoms in total. The number of benzene rings is 8. The van der Waals surface area contributed by atoms with Crippen LogP contribution < -0.4 is 0 Å². The molecule has 0 atom stereocenters. The Morgan fingerprint density at radius 1 is 0.367 bits per heavy atom. The average molecular weight is 766 g/mol. The molecule has 0 fully saturated rings. The van der Waals surface area contributed by atoms with Crippen molar-refractivity contribution in [2.24, 2.45) is 0 Å². The lowest BCUT2D eigenvalue weighted by atomic mass is 9.98.